The van der Waals surface area contributed by atoms with Gasteiger partial charge in [-0.25, -0.2) is 4.79 Å². The highest BCUT2D eigenvalue weighted by atomic mass is 16.4. The lowest BCUT2D eigenvalue weighted by atomic mass is 10.1. The Hall–Kier alpha value is -2.24. The third-order valence-corrected chi connectivity index (χ3v) is 4.81. The van der Waals surface area contributed by atoms with Crippen molar-refractivity contribution < 1.29 is 34.5 Å². The summed E-state index contributed by atoms with van der Waals surface area (Å²) in [5.74, 6) is -3.10. The van der Waals surface area contributed by atoms with Gasteiger partial charge in [0.25, 0.3) is 0 Å². The normalized spacial score (nSPS) is 24.3. The summed E-state index contributed by atoms with van der Waals surface area (Å²) in [5, 5.41) is 34.7. The van der Waals surface area contributed by atoms with Crippen LogP contribution < -0.4 is 16.0 Å². The Morgan fingerprint density at radius 3 is 2.30 bits per heavy atom. The van der Waals surface area contributed by atoms with Crippen molar-refractivity contribution in [3.05, 3.63) is 0 Å². The number of nitrogens with one attached hydrogen (secondary N) is 3. The van der Waals surface area contributed by atoms with Crippen LogP contribution in [-0.4, -0.2) is 94.4 Å². The predicted octanol–water partition coefficient (Wildman–Crippen LogP) is -3.23. The molecule has 2 fully saturated rings. The van der Waals surface area contributed by atoms with Crippen molar-refractivity contribution in [2.45, 2.75) is 49.9 Å². The van der Waals surface area contributed by atoms with E-state index in [0.717, 1.165) is 13.0 Å². The average molecular weight is 386 g/mol. The molecule has 2 rings (SSSR count). The first-order valence-corrected chi connectivity index (χ1v) is 8.98. The van der Waals surface area contributed by atoms with Gasteiger partial charge in [0.05, 0.1) is 19.3 Å². The van der Waals surface area contributed by atoms with Crippen LogP contribution in [0.15, 0.2) is 0 Å². The van der Waals surface area contributed by atoms with Gasteiger partial charge in [-0.2, -0.15) is 0 Å². The van der Waals surface area contributed by atoms with E-state index in [1.54, 1.807) is 0 Å². The number of carboxylic acids is 1. The first-order chi connectivity index (χ1) is 12.9. The highest BCUT2D eigenvalue weighted by Crippen LogP contribution is 2.21. The second-order valence-electron chi connectivity index (χ2n) is 6.66. The number of likely N-dealkylation sites (tertiary alicyclic amines) is 1. The molecule has 2 heterocycles. The number of nitrogens with zero attached hydrogens (tertiary/aromatic N) is 1. The summed E-state index contributed by atoms with van der Waals surface area (Å²) < 4.78 is 0. The van der Waals surface area contributed by atoms with Gasteiger partial charge in [-0.15, -0.1) is 0 Å². The Labute approximate surface area is 156 Å². The number of hydrogen-bond donors (Lipinski definition) is 6. The minimum Gasteiger partial charge on any atom is -0.480 e. The number of carbonyl (C=O) groups excluding carboxylic acids is 3. The number of carbonyl (C=O) groups is 4. The van der Waals surface area contributed by atoms with Gasteiger partial charge in [-0.05, 0) is 32.2 Å². The van der Waals surface area contributed by atoms with E-state index in [1.165, 1.54) is 4.90 Å². The fourth-order valence-corrected chi connectivity index (χ4v) is 3.32. The van der Waals surface area contributed by atoms with E-state index in [9.17, 15) is 24.3 Å². The van der Waals surface area contributed by atoms with E-state index in [0.29, 0.717) is 25.8 Å². The van der Waals surface area contributed by atoms with Crippen LogP contribution in [0.1, 0.15) is 25.7 Å². The number of aliphatic hydroxyl groups is 2. The average Bonchev–Trinajstić information content (AvgIpc) is 3.34. The summed E-state index contributed by atoms with van der Waals surface area (Å²) in [6.45, 7) is -0.382. The molecule has 0 aromatic rings. The van der Waals surface area contributed by atoms with Crippen molar-refractivity contribution >= 4 is 23.7 Å². The first kappa shape index (κ1) is 21.1. The molecule has 0 saturated carbocycles. The van der Waals surface area contributed by atoms with Gasteiger partial charge in [0.15, 0.2) is 0 Å². The fourth-order valence-electron chi connectivity index (χ4n) is 3.32. The van der Waals surface area contributed by atoms with Crippen LogP contribution >= 0.6 is 0 Å². The fraction of sp³-hybridized carbons (Fsp3) is 0.750. The maximum atomic E-state index is 12.6. The molecule has 0 aromatic heterocycles. The smallest absolute Gasteiger partial charge is 0.328 e. The molecule has 27 heavy (non-hydrogen) atoms. The zero-order chi connectivity index (χ0) is 20.0. The zero-order valence-corrected chi connectivity index (χ0v) is 14.9. The molecule has 0 radical (unpaired) electrons. The third kappa shape index (κ3) is 5.15. The van der Waals surface area contributed by atoms with Crippen LogP contribution in [0.25, 0.3) is 0 Å². The van der Waals surface area contributed by atoms with Gasteiger partial charge >= 0.3 is 5.97 Å². The molecule has 4 atom stereocenters. The topological polar surface area (TPSA) is 168 Å². The predicted molar refractivity (Wildman–Crippen MR) is 91.4 cm³/mol. The molecule has 2 aliphatic rings. The molecule has 11 nitrogen and oxygen atoms in total. The number of hydrogen-bond acceptors (Lipinski definition) is 7. The van der Waals surface area contributed by atoms with Crippen LogP contribution in [-0.2, 0) is 19.2 Å². The van der Waals surface area contributed by atoms with Crippen molar-refractivity contribution in [3.63, 3.8) is 0 Å². The van der Waals surface area contributed by atoms with E-state index in [4.69, 9.17) is 10.2 Å². The number of rotatable bonds is 8. The van der Waals surface area contributed by atoms with E-state index < -0.39 is 49.1 Å². The SMILES string of the molecule is O=C(O)C(CO)NC(=O)C(CO)NC(=O)C1CCCN1C(=O)C1CCCN1. The Kier molecular flexibility index (Phi) is 7.51. The summed E-state index contributed by atoms with van der Waals surface area (Å²) in [7, 11) is 0. The van der Waals surface area contributed by atoms with Gasteiger partial charge in [0, 0.05) is 6.54 Å². The van der Waals surface area contributed by atoms with Crippen molar-refractivity contribution in [2.24, 2.45) is 0 Å². The minimum absolute atomic E-state index is 0.152. The standard InChI is InChI=1S/C16H26N4O7/c21-7-10(13(23)19-11(8-22)16(26)27)18-14(24)12-4-2-6-20(12)15(25)9-3-1-5-17-9/h9-12,17,21-22H,1-8H2,(H,18,24)(H,19,23)(H,26,27). The van der Waals surface area contributed by atoms with Crippen molar-refractivity contribution in [1.82, 2.24) is 20.9 Å². The summed E-state index contributed by atoms with van der Waals surface area (Å²) >= 11 is 0. The Balaban J connectivity index is 1.97. The molecule has 2 aliphatic heterocycles. The van der Waals surface area contributed by atoms with Gasteiger partial charge < -0.3 is 36.2 Å². The first-order valence-electron chi connectivity index (χ1n) is 8.98. The molecular formula is C16H26N4O7. The minimum atomic E-state index is -1.54. The lowest BCUT2D eigenvalue weighted by Crippen LogP contribution is -2.58. The molecule has 4 unspecified atom stereocenters. The number of amides is 3. The molecule has 0 aromatic carbocycles. The van der Waals surface area contributed by atoms with E-state index in [-0.39, 0.29) is 11.9 Å². The van der Waals surface area contributed by atoms with Gasteiger partial charge in [0.1, 0.15) is 18.1 Å². The molecule has 0 spiro atoms. The van der Waals surface area contributed by atoms with Crippen LogP contribution in [0.3, 0.4) is 0 Å². The second kappa shape index (κ2) is 9.62. The largest absolute Gasteiger partial charge is 0.480 e. The molecular weight excluding hydrogens is 360 g/mol. The molecule has 2 saturated heterocycles. The quantitative estimate of drug-likeness (QED) is 0.253. The van der Waals surface area contributed by atoms with E-state index in [1.807, 2.05) is 5.32 Å². The lowest BCUT2D eigenvalue weighted by Gasteiger charge is -2.28. The van der Waals surface area contributed by atoms with Crippen molar-refractivity contribution in [1.29, 1.82) is 0 Å². The lowest BCUT2D eigenvalue weighted by molar-refractivity contribution is -0.144. The van der Waals surface area contributed by atoms with Gasteiger partial charge in [-0.3, -0.25) is 14.4 Å². The zero-order valence-electron chi connectivity index (χ0n) is 14.9. The maximum absolute atomic E-state index is 12.6. The summed E-state index contributed by atoms with van der Waals surface area (Å²) in [4.78, 5) is 49.6. The Bertz CT molecular complexity index is 579. The van der Waals surface area contributed by atoms with Crippen LogP contribution in [0.5, 0.6) is 0 Å². The van der Waals surface area contributed by atoms with Crippen LogP contribution in [0.2, 0.25) is 0 Å². The third-order valence-electron chi connectivity index (χ3n) is 4.81. The summed E-state index contributed by atoms with van der Waals surface area (Å²) in [6.07, 6.45) is 2.70. The molecule has 3 amide bonds. The molecule has 6 N–H and O–H groups in total. The number of aliphatic hydroxyl groups excluding tert-OH is 2. The van der Waals surface area contributed by atoms with Gasteiger partial charge in [0.2, 0.25) is 17.7 Å². The Morgan fingerprint density at radius 2 is 1.74 bits per heavy atom. The highest BCUT2D eigenvalue weighted by molar-refractivity contribution is 5.94. The van der Waals surface area contributed by atoms with Crippen molar-refractivity contribution in [2.75, 3.05) is 26.3 Å². The monoisotopic (exact) mass is 386 g/mol. The van der Waals surface area contributed by atoms with E-state index in [2.05, 4.69) is 10.6 Å². The van der Waals surface area contributed by atoms with E-state index >= 15 is 0 Å². The molecule has 0 bridgehead atoms. The van der Waals surface area contributed by atoms with Crippen molar-refractivity contribution in [3.8, 4) is 0 Å². The molecule has 0 aliphatic carbocycles. The number of carboxylic acid groups (broad SMARTS) is 1. The molecule has 11 heteroatoms. The summed E-state index contributed by atoms with van der Waals surface area (Å²) in [5.41, 5.74) is 0. The van der Waals surface area contributed by atoms with Crippen LogP contribution in [0, 0.1) is 0 Å². The van der Waals surface area contributed by atoms with Crippen LogP contribution in [0.4, 0.5) is 0 Å². The molecule has 152 valence electrons. The second-order valence-corrected chi connectivity index (χ2v) is 6.66. The highest BCUT2D eigenvalue weighted by Gasteiger charge is 2.39. The number of aliphatic carboxylic acids is 1. The van der Waals surface area contributed by atoms with Gasteiger partial charge in [-0.1, -0.05) is 0 Å². The summed E-state index contributed by atoms with van der Waals surface area (Å²) in [6, 6.07) is -3.97. The Morgan fingerprint density at radius 1 is 1.04 bits per heavy atom. The maximum Gasteiger partial charge on any atom is 0.328 e.